The van der Waals surface area contributed by atoms with Crippen LogP contribution >= 0.6 is 0 Å². The molecule has 8 heteroatoms. The van der Waals surface area contributed by atoms with Crippen LogP contribution in [0.2, 0.25) is 0 Å². The summed E-state index contributed by atoms with van der Waals surface area (Å²) in [4.78, 5) is 27.8. The molecule has 4 aromatic rings. The van der Waals surface area contributed by atoms with Crippen molar-refractivity contribution in [3.63, 3.8) is 0 Å². The molecule has 2 amide bonds. The van der Waals surface area contributed by atoms with E-state index in [0.29, 0.717) is 11.1 Å². The first-order valence-corrected chi connectivity index (χ1v) is 10.9. The highest BCUT2D eigenvalue weighted by atomic mass is 16.6. The van der Waals surface area contributed by atoms with Gasteiger partial charge in [0.15, 0.2) is 0 Å². The zero-order valence-electron chi connectivity index (χ0n) is 19.5. The Morgan fingerprint density at radius 3 is 2.53 bits per heavy atom. The number of carbonyl (C=O) groups is 2. The molecule has 0 aliphatic heterocycles. The fourth-order valence-corrected chi connectivity index (χ4v) is 4.15. The Balaban J connectivity index is 1.84. The highest BCUT2D eigenvalue weighted by Crippen LogP contribution is 2.34. The summed E-state index contributed by atoms with van der Waals surface area (Å²) in [6.45, 7) is 5.35. The van der Waals surface area contributed by atoms with Gasteiger partial charge in [-0.05, 0) is 65.4 Å². The molecule has 172 valence electrons. The van der Waals surface area contributed by atoms with Gasteiger partial charge in [0.1, 0.15) is 5.60 Å². The average molecular weight is 456 g/mol. The number of carbonyl (C=O) groups excluding carboxylic acids is 2. The number of aromatic nitrogens is 1. The minimum absolute atomic E-state index is 0.0334. The quantitative estimate of drug-likeness (QED) is 0.216. The van der Waals surface area contributed by atoms with Crippen LogP contribution in [0.25, 0.3) is 43.2 Å². The molecular formula is C26H25N5O3. The average Bonchev–Trinajstić information content (AvgIpc) is 3.07. The number of benzene rings is 3. The SMILES string of the molecule is Cn1c(CNC(=O)OC(C)(C)C)c(C(=O)N=[N+]=[N-])c2cc(-c3cccc4ccccc34)ccc21. The molecule has 34 heavy (non-hydrogen) atoms. The molecule has 0 aliphatic rings. The normalized spacial score (nSPS) is 11.3. The molecule has 0 spiro atoms. The highest BCUT2D eigenvalue weighted by molar-refractivity contribution is 6.10. The number of nitrogens with zero attached hydrogens (tertiary/aromatic N) is 4. The Morgan fingerprint density at radius 1 is 1.06 bits per heavy atom. The maximum Gasteiger partial charge on any atom is 0.407 e. The molecule has 0 fully saturated rings. The maximum absolute atomic E-state index is 12.8. The van der Waals surface area contributed by atoms with E-state index in [1.54, 1.807) is 27.8 Å². The van der Waals surface area contributed by atoms with Crippen molar-refractivity contribution >= 4 is 33.7 Å². The van der Waals surface area contributed by atoms with Crippen LogP contribution in [-0.4, -0.2) is 22.2 Å². The lowest BCUT2D eigenvalue weighted by atomic mass is 9.96. The van der Waals surface area contributed by atoms with Crippen LogP contribution in [0.1, 0.15) is 36.8 Å². The predicted octanol–water partition coefficient (Wildman–Crippen LogP) is 6.47. The van der Waals surface area contributed by atoms with Gasteiger partial charge >= 0.3 is 6.09 Å². The van der Waals surface area contributed by atoms with Crippen molar-refractivity contribution in [1.29, 1.82) is 0 Å². The molecule has 0 saturated carbocycles. The number of alkyl carbamates (subject to hydrolysis) is 1. The van der Waals surface area contributed by atoms with Gasteiger partial charge in [-0.25, -0.2) is 4.79 Å². The van der Waals surface area contributed by atoms with Gasteiger partial charge in [0.2, 0.25) is 0 Å². The summed E-state index contributed by atoms with van der Waals surface area (Å²) in [5.41, 5.74) is 11.8. The zero-order valence-corrected chi connectivity index (χ0v) is 19.5. The number of rotatable bonds is 4. The van der Waals surface area contributed by atoms with Crippen molar-refractivity contribution in [3.05, 3.63) is 82.4 Å². The molecule has 0 saturated heterocycles. The van der Waals surface area contributed by atoms with Gasteiger partial charge < -0.3 is 14.6 Å². The fraction of sp³-hybridized carbons (Fsp3) is 0.231. The number of aryl methyl sites for hydroxylation is 1. The van der Waals surface area contributed by atoms with Crippen molar-refractivity contribution in [3.8, 4) is 11.1 Å². The van der Waals surface area contributed by atoms with E-state index in [1.807, 2.05) is 47.0 Å². The molecular weight excluding hydrogens is 430 g/mol. The van der Waals surface area contributed by atoms with E-state index >= 15 is 0 Å². The monoisotopic (exact) mass is 455 g/mol. The molecule has 3 aromatic carbocycles. The molecule has 8 nitrogen and oxygen atoms in total. The summed E-state index contributed by atoms with van der Waals surface area (Å²) in [5.74, 6) is -0.704. The van der Waals surface area contributed by atoms with Crippen LogP contribution in [-0.2, 0) is 18.3 Å². The number of hydrogen-bond donors (Lipinski definition) is 1. The lowest BCUT2D eigenvalue weighted by Crippen LogP contribution is -2.32. The smallest absolute Gasteiger partial charge is 0.407 e. The van der Waals surface area contributed by atoms with Gasteiger partial charge in [-0.2, -0.15) is 0 Å². The van der Waals surface area contributed by atoms with E-state index in [0.717, 1.165) is 27.4 Å². The van der Waals surface area contributed by atoms with Crippen molar-refractivity contribution in [2.24, 2.45) is 12.2 Å². The molecule has 1 aromatic heterocycles. The molecule has 0 aliphatic carbocycles. The minimum atomic E-state index is -0.704. The highest BCUT2D eigenvalue weighted by Gasteiger charge is 2.23. The Labute approximate surface area is 196 Å². The van der Waals surface area contributed by atoms with Gasteiger partial charge in [0, 0.05) is 28.6 Å². The Bertz CT molecular complexity index is 1470. The van der Waals surface area contributed by atoms with Crippen LogP contribution in [0.15, 0.2) is 65.8 Å². The number of azide groups is 1. The molecule has 0 bridgehead atoms. The van der Waals surface area contributed by atoms with Crippen LogP contribution in [0, 0.1) is 0 Å². The van der Waals surface area contributed by atoms with E-state index in [4.69, 9.17) is 10.3 Å². The third-order valence-corrected chi connectivity index (χ3v) is 5.57. The summed E-state index contributed by atoms with van der Waals surface area (Å²) < 4.78 is 7.13. The Morgan fingerprint density at radius 2 is 1.79 bits per heavy atom. The second-order valence-corrected chi connectivity index (χ2v) is 8.99. The first-order valence-electron chi connectivity index (χ1n) is 10.9. The van der Waals surface area contributed by atoms with Crippen molar-refractivity contribution in [2.45, 2.75) is 32.9 Å². The molecule has 4 rings (SSSR count). The topological polar surface area (TPSA) is 109 Å². The summed E-state index contributed by atoms with van der Waals surface area (Å²) in [6, 6.07) is 20.0. The number of amides is 2. The third-order valence-electron chi connectivity index (χ3n) is 5.57. The third kappa shape index (κ3) is 4.44. The van der Waals surface area contributed by atoms with Crippen molar-refractivity contribution < 1.29 is 14.3 Å². The van der Waals surface area contributed by atoms with Crippen molar-refractivity contribution in [1.82, 2.24) is 9.88 Å². The van der Waals surface area contributed by atoms with Gasteiger partial charge in [0.25, 0.3) is 5.91 Å². The summed E-state index contributed by atoms with van der Waals surface area (Å²) >= 11 is 0. The standard InChI is InChI=1S/C26H25N5O3/c1-26(2,3)34-25(33)28-15-22-23(24(32)29-30-27)20-14-17(12-13-21(20)31(22)4)19-11-7-9-16-8-5-6-10-18(16)19/h5-14H,15H2,1-4H3,(H,28,33). The number of fused-ring (bicyclic) bond motifs is 2. The van der Waals surface area contributed by atoms with E-state index in [2.05, 4.69) is 33.5 Å². The Kier molecular flexibility index (Phi) is 6.01. The van der Waals surface area contributed by atoms with E-state index < -0.39 is 17.6 Å². The second-order valence-electron chi connectivity index (χ2n) is 8.99. The van der Waals surface area contributed by atoms with Crippen LogP contribution in [0.3, 0.4) is 0 Å². The summed E-state index contributed by atoms with van der Waals surface area (Å²) in [5, 5.41) is 8.89. The number of ether oxygens (including phenoxy) is 1. The first-order chi connectivity index (χ1) is 16.2. The zero-order chi connectivity index (χ0) is 24.5. The van der Waals surface area contributed by atoms with Crippen molar-refractivity contribution in [2.75, 3.05) is 0 Å². The molecule has 0 radical (unpaired) electrons. The molecule has 0 atom stereocenters. The summed E-state index contributed by atoms with van der Waals surface area (Å²) in [7, 11) is 1.80. The lowest BCUT2D eigenvalue weighted by molar-refractivity contribution is 0.0522. The number of hydrogen-bond acceptors (Lipinski definition) is 3. The van der Waals surface area contributed by atoms with Gasteiger partial charge in [0.05, 0.1) is 12.1 Å². The molecule has 1 N–H and O–H groups in total. The largest absolute Gasteiger partial charge is 0.444 e. The van der Waals surface area contributed by atoms with Gasteiger partial charge in [-0.1, -0.05) is 48.5 Å². The molecule has 0 unspecified atom stereocenters. The fourth-order valence-electron chi connectivity index (χ4n) is 4.15. The van der Waals surface area contributed by atoms with Crippen LogP contribution < -0.4 is 5.32 Å². The second kappa shape index (κ2) is 8.92. The minimum Gasteiger partial charge on any atom is -0.444 e. The maximum atomic E-state index is 12.8. The van der Waals surface area contributed by atoms with E-state index in [-0.39, 0.29) is 12.1 Å². The lowest BCUT2D eigenvalue weighted by Gasteiger charge is -2.20. The van der Waals surface area contributed by atoms with Gasteiger partial charge in [-0.3, -0.25) is 4.79 Å². The first kappa shape index (κ1) is 22.9. The van der Waals surface area contributed by atoms with Gasteiger partial charge in [-0.15, -0.1) is 0 Å². The van der Waals surface area contributed by atoms with E-state index in [1.165, 1.54) is 0 Å². The summed E-state index contributed by atoms with van der Waals surface area (Å²) in [6.07, 6.45) is -0.601. The predicted molar refractivity (Wildman–Crippen MR) is 132 cm³/mol. The van der Waals surface area contributed by atoms with Crippen LogP contribution in [0.5, 0.6) is 0 Å². The number of nitrogens with one attached hydrogen (secondary N) is 1. The Hall–Kier alpha value is -4.29. The van der Waals surface area contributed by atoms with Crippen LogP contribution in [0.4, 0.5) is 4.79 Å². The van der Waals surface area contributed by atoms with E-state index in [9.17, 15) is 9.59 Å². The molecule has 1 heterocycles.